The molecule has 0 N–H and O–H groups in total. The highest BCUT2D eigenvalue weighted by Crippen LogP contribution is 2.20. The average Bonchev–Trinajstić information content (AvgIpc) is 2.39. The summed E-state index contributed by atoms with van der Waals surface area (Å²) in [7, 11) is 0. The first-order valence-corrected chi connectivity index (χ1v) is 5.99. The number of non-ortho nitro benzene ring substituents is 1. The predicted octanol–water partition coefficient (Wildman–Crippen LogP) is 1.19. The topological polar surface area (TPSA) is 75.9 Å². The number of nitro benzene ring substituents is 1. The third-order valence-electron chi connectivity index (χ3n) is 2.92. The van der Waals surface area contributed by atoms with Crippen LogP contribution in [0.2, 0.25) is 0 Å². The van der Waals surface area contributed by atoms with Gasteiger partial charge in [0, 0.05) is 37.8 Å². The third-order valence-corrected chi connectivity index (χ3v) is 2.92. The normalized spacial score (nSPS) is 16.2. The molecule has 1 aromatic carbocycles. The number of nitro groups is 1. The van der Waals surface area contributed by atoms with Gasteiger partial charge in [-0.3, -0.25) is 14.9 Å². The van der Waals surface area contributed by atoms with Gasteiger partial charge in [0.05, 0.1) is 18.0 Å². The molecule has 0 aromatic heterocycles. The van der Waals surface area contributed by atoms with Crippen LogP contribution in [0.5, 0.6) is 0 Å². The van der Waals surface area contributed by atoms with Gasteiger partial charge in [-0.1, -0.05) is 0 Å². The number of hydrogen-bond donors (Lipinski definition) is 0. The Morgan fingerprint density at radius 1 is 1.21 bits per heavy atom. The van der Waals surface area contributed by atoms with Crippen LogP contribution in [0.3, 0.4) is 0 Å². The molecule has 1 fully saturated rings. The van der Waals surface area contributed by atoms with Crippen LogP contribution >= 0.6 is 0 Å². The molecule has 7 nitrogen and oxygen atoms in total. The van der Waals surface area contributed by atoms with Crippen LogP contribution in [0.25, 0.3) is 0 Å². The molecular formula is C12H15N3O4. The lowest BCUT2D eigenvalue weighted by Gasteiger charge is -2.34. The first-order valence-electron chi connectivity index (χ1n) is 5.99. The van der Waals surface area contributed by atoms with Crippen molar-refractivity contribution in [3.63, 3.8) is 0 Å². The van der Waals surface area contributed by atoms with E-state index in [-0.39, 0.29) is 11.7 Å². The molecule has 0 spiro atoms. The minimum Gasteiger partial charge on any atom is -0.369 e. The second-order valence-electron chi connectivity index (χ2n) is 4.27. The van der Waals surface area contributed by atoms with E-state index in [1.807, 2.05) is 0 Å². The number of hydrogen-bond acceptors (Lipinski definition) is 6. The second-order valence-corrected chi connectivity index (χ2v) is 4.27. The Kier molecular flexibility index (Phi) is 3.96. The molecule has 0 bridgehead atoms. The lowest BCUT2D eigenvalue weighted by atomic mass is 10.2. The van der Waals surface area contributed by atoms with Gasteiger partial charge in [-0.2, -0.15) is 0 Å². The fraction of sp³-hybridized carbons (Fsp3) is 0.417. The Bertz CT molecular complexity index is 466. The molecule has 0 radical (unpaired) electrons. The van der Waals surface area contributed by atoms with Crippen LogP contribution in [0.15, 0.2) is 24.3 Å². The molecule has 0 amide bonds. The number of rotatable bonds is 3. The Hall–Kier alpha value is -2.15. The zero-order valence-corrected chi connectivity index (χ0v) is 10.6. The minimum absolute atomic E-state index is 0.0855. The molecule has 1 aliphatic heterocycles. The van der Waals surface area contributed by atoms with Gasteiger partial charge < -0.3 is 9.74 Å². The summed E-state index contributed by atoms with van der Waals surface area (Å²) in [6, 6.07) is 6.46. The molecule has 1 heterocycles. The fourth-order valence-corrected chi connectivity index (χ4v) is 2.00. The highest BCUT2D eigenvalue weighted by atomic mass is 16.7. The van der Waals surface area contributed by atoms with Crippen molar-refractivity contribution >= 4 is 17.3 Å². The first-order chi connectivity index (χ1) is 9.06. The van der Waals surface area contributed by atoms with E-state index in [1.54, 1.807) is 17.2 Å². The SMILES string of the molecule is CC(=O)ON1CCN(c2ccc([N+](=O)[O-])cc2)CC1. The van der Waals surface area contributed by atoms with Gasteiger partial charge in [0.15, 0.2) is 0 Å². The standard InChI is InChI=1S/C12H15N3O4/c1-10(16)19-14-8-6-13(7-9-14)11-2-4-12(5-3-11)15(17)18/h2-5H,6-9H2,1H3. The van der Waals surface area contributed by atoms with Gasteiger partial charge >= 0.3 is 5.97 Å². The van der Waals surface area contributed by atoms with E-state index in [0.717, 1.165) is 5.69 Å². The number of anilines is 1. The molecule has 102 valence electrons. The van der Waals surface area contributed by atoms with Crippen LogP contribution in [0.4, 0.5) is 11.4 Å². The van der Waals surface area contributed by atoms with E-state index >= 15 is 0 Å². The molecule has 2 rings (SSSR count). The fourth-order valence-electron chi connectivity index (χ4n) is 2.00. The van der Waals surface area contributed by atoms with Gasteiger partial charge in [-0.05, 0) is 12.1 Å². The van der Waals surface area contributed by atoms with Crippen LogP contribution in [-0.2, 0) is 9.63 Å². The number of carbonyl (C=O) groups is 1. The van der Waals surface area contributed by atoms with E-state index in [4.69, 9.17) is 4.84 Å². The Labute approximate surface area is 110 Å². The largest absolute Gasteiger partial charge is 0.369 e. The summed E-state index contributed by atoms with van der Waals surface area (Å²) < 4.78 is 0. The van der Waals surface area contributed by atoms with Gasteiger partial charge in [-0.15, -0.1) is 5.06 Å². The van der Waals surface area contributed by atoms with Crippen molar-refractivity contribution in [1.82, 2.24) is 5.06 Å². The van der Waals surface area contributed by atoms with E-state index in [0.29, 0.717) is 26.2 Å². The van der Waals surface area contributed by atoms with E-state index in [1.165, 1.54) is 19.1 Å². The summed E-state index contributed by atoms with van der Waals surface area (Å²) in [4.78, 5) is 28.1. The zero-order chi connectivity index (χ0) is 13.8. The first kappa shape index (κ1) is 13.3. The van der Waals surface area contributed by atoms with Crippen molar-refractivity contribution in [3.05, 3.63) is 34.4 Å². The van der Waals surface area contributed by atoms with Crippen molar-refractivity contribution < 1.29 is 14.6 Å². The summed E-state index contributed by atoms with van der Waals surface area (Å²) in [6.45, 7) is 4.05. The number of piperazine rings is 1. The van der Waals surface area contributed by atoms with Crippen molar-refractivity contribution in [2.24, 2.45) is 0 Å². The molecule has 19 heavy (non-hydrogen) atoms. The smallest absolute Gasteiger partial charge is 0.322 e. The van der Waals surface area contributed by atoms with E-state index in [2.05, 4.69) is 4.90 Å². The van der Waals surface area contributed by atoms with Gasteiger partial charge in [0.25, 0.3) is 5.69 Å². The highest BCUT2D eigenvalue weighted by molar-refractivity contribution is 5.65. The molecule has 0 atom stereocenters. The van der Waals surface area contributed by atoms with Crippen molar-refractivity contribution in [2.45, 2.75) is 6.92 Å². The van der Waals surface area contributed by atoms with Crippen molar-refractivity contribution in [2.75, 3.05) is 31.1 Å². The summed E-state index contributed by atoms with van der Waals surface area (Å²) >= 11 is 0. The molecule has 0 saturated carbocycles. The highest BCUT2D eigenvalue weighted by Gasteiger charge is 2.19. The monoisotopic (exact) mass is 265 g/mol. The predicted molar refractivity (Wildman–Crippen MR) is 68.6 cm³/mol. The summed E-state index contributed by atoms with van der Waals surface area (Å²) in [5, 5.41) is 12.2. The Morgan fingerprint density at radius 3 is 2.26 bits per heavy atom. The molecule has 0 unspecified atom stereocenters. The maximum absolute atomic E-state index is 10.8. The molecule has 0 aliphatic carbocycles. The molecular weight excluding hydrogens is 250 g/mol. The number of nitrogens with zero attached hydrogens (tertiary/aromatic N) is 3. The van der Waals surface area contributed by atoms with Gasteiger partial charge in [0.2, 0.25) is 0 Å². The summed E-state index contributed by atoms with van der Waals surface area (Å²) in [5.74, 6) is -0.316. The Balaban J connectivity index is 1.94. The summed E-state index contributed by atoms with van der Waals surface area (Å²) in [6.07, 6.45) is 0. The maximum Gasteiger partial charge on any atom is 0.322 e. The second kappa shape index (κ2) is 5.66. The van der Waals surface area contributed by atoms with Crippen molar-refractivity contribution in [3.8, 4) is 0 Å². The molecule has 1 aliphatic rings. The molecule has 7 heteroatoms. The lowest BCUT2D eigenvalue weighted by molar-refractivity contribution is -0.384. The van der Waals surface area contributed by atoms with E-state index in [9.17, 15) is 14.9 Å². The van der Waals surface area contributed by atoms with Crippen molar-refractivity contribution in [1.29, 1.82) is 0 Å². The average molecular weight is 265 g/mol. The third kappa shape index (κ3) is 3.41. The van der Waals surface area contributed by atoms with Gasteiger partial charge in [-0.25, -0.2) is 0 Å². The maximum atomic E-state index is 10.8. The molecule has 1 aromatic rings. The van der Waals surface area contributed by atoms with E-state index < -0.39 is 4.92 Å². The van der Waals surface area contributed by atoms with Crippen LogP contribution < -0.4 is 4.90 Å². The quantitative estimate of drug-likeness (QED) is 0.603. The van der Waals surface area contributed by atoms with Crippen LogP contribution in [0, 0.1) is 10.1 Å². The number of benzene rings is 1. The Morgan fingerprint density at radius 2 is 1.79 bits per heavy atom. The summed E-state index contributed by atoms with van der Waals surface area (Å²) in [5.41, 5.74) is 1.02. The van der Waals surface area contributed by atoms with Crippen LogP contribution in [-0.4, -0.2) is 42.1 Å². The molecule has 1 saturated heterocycles. The zero-order valence-electron chi connectivity index (χ0n) is 10.6. The van der Waals surface area contributed by atoms with Gasteiger partial charge in [0.1, 0.15) is 0 Å². The van der Waals surface area contributed by atoms with Crippen LogP contribution in [0.1, 0.15) is 6.92 Å². The minimum atomic E-state index is -0.414. The number of hydroxylamine groups is 2. The number of carbonyl (C=O) groups excluding carboxylic acids is 1. The lowest BCUT2D eigenvalue weighted by Crippen LogP contribution is -2.46.